The van der Waals surface area contributed by atoms with Crippen molar-refractivity contribution >= 4 is 5.82 Å². The topological polar surface area (TPSA) is 60.2 Å². The third kappa shape index (κ3) is 3.27. The summed E-state index contributed by atoms with van der Waals surface area (Å²) in [5, 5.41) is 0. The van der Waals surface area contributed by atoms with Gasteiger partial charge in [-0.25, -0.2) is 5.84 Å². The van der Waals surface area contributed by atoms with Crippen molar-refractivity contribution in [3.05, 3.63) is 47.5 Å². The van der Waals surface area contributed by atoms with Crippen LogP contribution in [0.4, 0.5) is 5.82 Å². The SMILES string of the molecule is Cc1cc(C(C)(C)C)ccc1Oc1cccc(NN)n1. The van der Waals surface area contributed by atoms with Crippen LogP contribution in [0.2, 0.25) is 0 Å². The first kappa shape index (κ1) is 14.3. The Labute approximate surface area is 120 Å². The van der Waals surface area contributed by atoms with Crippen molar-refractivity contribution < 1.29 is 4.74 Å². The van der Waals surface area contributed by atoms with Gasteiger partial charge in [-0.15, -0.1) is 0 Å². The van der Waals surface area contributed by atoms with Crippen LogP contribution in [0.1, 0.15) is 31.9 Å². The molecule has 2 aromatic rings. The fourth-order valence-corrected chi connectivity index (χ4v) is 1.90. The monoisotopic (exact) mass is 271 g/mol. The molecule has 0 amide bonds. The molecule has 0 saturated carbocycles. The molecule has 0 atom stereocenters. The standard InChI is InChI=1S/C16H21N3O/c1-11-10-12(16(2,3)4)8-9-13(11)20-15-7-5-6-14(18-15)19-17/h5-10H,17H2,1-4H3,(H,18,19). The summed E-state index contributed by atoms with van der Waals surface area (Å²) in [5.41, 5.74) is 5.01. The molecular weight excluding hydrogens is 250 g/mol. The van der Waals surface area contributed by atoms with Crippen LogP contribution in [-0.2, 0) is 5.41 Å². The highest BCUT2D eigenvalue weighted by Crippen LogP contribution is 2.29. The van der Waals surface area contributed by atoms with Gasteiger partial charge in [0.25, 0.3) is 0 Å². The molecule has 1 aromatic heterocycles. The third-order valence-corrected chi connectivity index (χ3v) is 3.13. The van der Waals surface area contributed by atoms with Crippen LogP contribution < -0.4 is 16.0 Å². The number of aryl methyl sites for hydroxylation is 1. The van der Waals surface area contributed by atoms with Crippen LogP contribution in [0.25, 0.3) is 0 Å². The van der Waals surface area contributed by atoms with E-state index in [4.69, 9.17) is 10.6 Å². The summed E-state index contributed by atoms with van der Waals surface area (Å²) in [7, 11) is 0. The fourth-order valence-electron chi connectivity index (χ4n) is 1.90. The summed E-state index contributed by atoms with van der Waals surface area (Å²) >= 11 is 0. The van der Waals surface area contributed by atoms with Gasteiger partial charge >= 0.3 is 0 Å². The predicted octanol–water partition coefficient (Wildman–Crippen LogP) is 3.77. The van der Waals surface area contributed by atoms with Crippen molar-refractivity contribution in [2.24, 2.45) is 5.84 Å². The molecule has 20 heavy (non-hydrogen) atoms. The number of rotatable bonds is 3. The van der Waals surface area contributed by atoms with Crippen LogP contribution >= 0.6 is 0 Å². The van der Waals surface area contributed by atoms with E-state index in [0.717, 1.165) is 11.3 Å². The molecular formula is C16H21N3O. The van der Waals surface area contributed by atoms with E-state index in [9.17, 15) is 0 Å². The lowest BCUT2D eigenvalue weighted by Crippen LogP contribution is -2.11. The summed E-state index contributed by atoms with van der Waals surface area (Å²) < 4.78 is 5.81. The van der Waals surface area contributed by atoms with Crippen LogP contribution in [-0.4, -0.2) is 4.98 Å². The number of hydrogen-bond acceptors (Lipinski definition) is 4. The van der Waals surface area contributed by atoms with Crippen LogP contribution in [0.3, 0.4) is 0 Å². The zero-order valence-corrected chi connectivity index (χ0v) is 12.4. The highest BCUT2D eigenvalue weighted by atomic mass is 16.5. The second-order valence-electron chi connectivity index (χ2n) is 5.84. The van der Waals surface area contributed by atoms with Crippen molar-refractivity contribution in [2.75, 3.05) is 5.43 Å². The first-order valence-corrected chi connectivity index (χ1v) is 6.63. The number of hydrazine groups is 1. The number of benzene rings is 1. The summed E-state index contributed by atoms with van der Waals surface area (Å²) in [5.74, 6) is 7.24. The normalized spacial score (nSPS) is 11.2. The third-order valence-electron chi connectivity index (χ3n) is 3.13. The van der Waals surface area contributed by atoms with E-state index in [0.29, 0.717) is 11.7 Å². The van der Waals surface area contributed by atoms with Gasteiger partial charge in [0.1, 0.15) is 11.6 Å². The highest BCUT2D eigenvalue weighted by Gasteiger charge is 2.15. The van der Waals surface area contributed by atoms with Crippen molar-refractivity contribution in [3.8, 4) is 11.6 Å². The van der Waals surface area contributed by atoms with E-state index in [-0.39, 0.29) is 5.41 Å². The average molecular weight is 271 g/mol. The molecule has 106 valence electrons. The lowest BCUT2D eigenvalue weighted by molar-refractivity contribution is 0.459. The zero-order chi connectivity index (χ0) is 14.8. The number of nitrogens with two attached hydrogens (primary N) is 1. The Hall–Kier alpha value is -2.07. The average Bonchev–Trinajstić information content (AvgIpc) is 2.40. The molecule has 0 radical (unpaired) electrons. The maximum absolute atomic E-state index is 5.81. The molecule has 2 rings (SSSR count). The number of ether oxygens (including phenoxy) is 1. The van der Waals surface area contributed by atoms with Crippen LogP contribution in [0.5, 0.6) is 11.6 Å². The molecule has 0 aliphatic carbocycles. The lowest BCUT2D eigenvalue weighted by atomic mass is 9.86. The first-order chi connectivity index (χ1) is 9.40. The molecule has 0 spiro atoms. The zero-order valence-electron chi connectivity index (χ0n) is 12.4. The molecule has 0 saturated heterocycles. The van der Waals surface area contributed by atoms with E-state index >= 15 is 0 Å². The minimum absolute atomic E-state index is 0.130. The van der Waals surface area contributed by atoms with Gasteiger partial charge < -0.3 is 10.2 Å². The number of pyridine rings is 1. The van der Waals surface area contributed by atoms with Gasteiger partial charge in [0.15, 0.2) is 0 Å². The molecule has 0 aliphatic rings. The molecule has 0 fully saturated rings. The first-order valence-electron chi connectivity index (χ1n) is 6.63. The Balaban J connectivity index is 2.25. The highest BCUT2D eigenvalue weighted by molar-refractivity contribution is 5.42. The number of aromatic nitrogens is 1. The number of nitrogens with one attached hydrogen (secondary N) is 1. The maximum atomic E-state index is 5.81. The van der Waals surface area contributed by atoms with Gasteiger partial charge in [0.2, 0.25) is 5.88 Å². The van der Waals surface area contributed by atoms with Gasteiger partial charge in [-0.1, -0.05) is 39.0 Å². The van der Waals surface area contributed by atoms with Gasteiger partial charge in [-0.2, -0.15) is 4.98 Å². The van der Waals surface area contributed by atoms with E-state index in [2.05, 4.69) is 43.3 Å². The number of nitrogens with zero attached hydrogens (tertiary/aromatic N) is 1. The van der Waals surface area contributed by atoms with Gasteiger partial charge in [0.05, 0.1) is 0 Å². The van der Waals surface area contributed by atoms with Crippen LogP contribution in [0.15, 0.2) is 36.4 Å². The van der Waals surface area contributed by atoms with Gasteiger partial charge in [-0.3, -0.25) is 0 Å². The molecule has 0 aliphatic heterocycles. The minimum atomic E-state index is 0.130. The molecule has 3 N–H and O–H groups in total. The fraction of sp³-hybridized carbons (Fsp3) is 0.312. The van der Waals surface area contributed by atoms with Crippen molar-refractivity contribution in [3.63, 3.8) is 0 Å². The quantitative estimate of drug-likeness (QED) is 0.659. The lowest BCUT2D eigenvalue weighted by Gasteiger charge is -2.20. The molecule has 1 heterocycles. The number of nitrogen functional groups attached to an aromatic ring is 1. The summed E-state index contributed by atoms with van der Waals surface area (Å²) in [4.78, 5) is 4.24. The minimum Gasteiger partial charge on any atom is -0.439 e. The smallest absolute Gasteiger partial charge is 0.221 e. The summed E-state index contributed by atoms with van der Waals surface area (Å²) in [6.45, 7) is 8.62. The van der Waals surface area contributed by atoms with E-state index in [1.54, 1.807) is 12.1 Å². The van der Waals surface area contributed by atoms with Gasteiger partial charge in [-0.05, 0) is 35.6 Å². The summed E-state index contributed by atoms with van der Waals surface area (Å²) in [6.07, 6.45) is 0. The predicted molar refractivity (Wildman–Crippen MR) is 82.0 cm³/mol. The Bertz CT molecular complexity index is 603. The van der Waals surface area contributed by atoms with Crippen molar-refractivity contribution in [2.45, 2.75) is 33.1 Å². The van der Waals surface area contributed by atoms with Crippen LogP contribution in [0, 0.1) is 6.92 Å². The number of hydrogen-bond donors (Lipinski definition) is 2. The largest absolute Gasteiger partial charge is 0.439 e. The molecule has 0 bridgehead atoms. The molecule has 4 heteroatoms. The van der Waals surface area contributed by atoms with Crippen molar-refractivity contribution in [1.29, 1.82) is 0 Å². The Morgan fingerprint density at radius 3 is 2.50 bits per heavy atom. The van der Waals surface area contributed by atoms with E-state index in [1.807, 2.05) is 19.1 Å². The molecule has 4 nitrogen and oxygen atoms in total. The Morgan fingerprint density at radius 1 is 1.15 bits per heavy atom. The molecule has 1 aromatic carbocycles. The number of anilines is 1. The molecule has 0 unspecified atom stereocenters. The van der Waals surface area contributed by atoms with E-state index < -0.39 is 0 Å². The summed E-state index contributed by atoms with van der Waals surface area (Å²) in [6, 6.07) is 11.7. The van der Waals surface area contributed by atoms with E-state index in [1.165, 1.54) is 5.56 Å². The second kappa shape index (κ2) is 5.51. The van der Waals surface area contributed by atoms with Gasteiger partial charge in [0, 0.05) is 6.07 Å². The maximum Gasteiger partial charge on any atom is 0.221 e. The Morgan fingerprint density at radius 2 is 1.90 bits per heavy atom. The second-order valence-corrected chi connectivity index (χ2v) is 5.84. The Kier molecular flexibility index (Phi) is 3.95. The van der Waals surface area contributed by atoms with Crippen molar-refractivity contribution in [1.82, 2.24) is 4.98 Å².